The number of halogens is 2. The summed E-state index contributed by atoms with van der Waals surface area (Å²) in [5.41, 5.74) is 2.26. The number of nitrogens with one attached hydrogen (secondary N) is 2. The average molecular weight is 397 g/mol. The Morgan fingerprint density at radius 1 is 1.12 bits per heavy atom. The molecule has 0 radical (unpaired) electrons. The topological polar surface area (TPSA) is 58.2 Å². The van der Waals surface area contributed by atoms with E-state index in [0.717, 1.165) is 11.3 Å². The van der Waals surface area contributed by atoms with Crippen molar-refractivity contribution in [3.8, 4) is 0 Å². The minimum atomic E-state index is -0.418. The molecule has 7 heteroatoms. The second kappa shape index (κ2) is 9.13. The van der Waals surface area contributed by atoms with E-state index in [-0.39, 0.29) is 17.6 Å². The molecule has 2 amide bonds. The van der Waals surface area contributed by atoms with Crippen molar-refractivity contribution in [3.05, 3.63) is 58.1 Å². The van der Waals surface area contributed by atoms with E-state index in [1.165, 1.54) is 11.8 Å². The van der Waals surface area contributed by atoms with E-state index in [1.54, 1.807) is 25.1 Å². The maximum atomic E-state index is 12.2. The van der Waals surface area contributed by atoms with Crippen LogP contribution in [-0.4, -0.2) is 22.8 Å². The Labute approximate surface area is 161 Å². The number of amides is 2. The maximum absolute atomic E-state index is 12.2. The number of carbonyl (C=O) groups is 2. The van der Waals surface area contributed by atoms with Gasteiger partial charge in [-0.15, -0.1) is 11.8 Å². The first-order valence-corrected chi connectivity index (χ1v) is 9.39. The van der Waals surface area contributed by atoms with Crippen LogP contribution in [0.2, 0.25) is 10.0 Å². The fraction of sp³-hybridized carbons (Fsp3) is 0.222. The molecule has 2 rings (SSSR count). The summed E-state index contributed by atoms with van der Waals surface area (Å²) in [7, 11) is 0. The van der Waals surface area contributed by atoms with E-state index in [1.807, 2.05) is 31.2 Å². The Morgan fingerprint density at radius 3 is 2.60 bits per heavy atom. The first-order chi connectivity index (χ1) is 11.8. The highest BCUT2D eigenvalue weighted by Gasteiger charge is 2.16. The molecule has 0 bridgehead atoms. The molecule has 0 unspecified atom stereocenters. The van der Waals surface area contributed by atoms with Crippen LogP contribution in [0, 0.1) is 6.92 Å². The molecule has 4 nitrogen and oxygen atoms in total. The molecule has 0 fully saturated rings. The first-order valence-electron chi connectivity index (χ1n) is 7.59. The molecule has 0 saturated heterocycles. The zero-order valence-corrected chi connectivity index (χ0v) is 16.1. The predicted molar refractivity (Wildman–Crippen MR) is 107 cm³/mol. The van der Waals surface area contributed by atoms with Gasteiger partial charge in [0.2, 0.25) is 11.8 Å². The molecular formula is C18H18Cl2N2O2S. The number of rotatable bonds is 6. The predicted octanol–water partition coefficient (Wildman–Crippen LogP) is 5.00. The standard InChI is InChI=1S/C18H18Cl2N2O2S/c1-11-4-3-5-14(8-11)21-17(23)10-25-12(2)18(24)22-16-9-13(19)6-7-15(16)20/h3-9,12H,10H2,1-2H3,(H,21,23)(H,22,24)/t12-/m1/s1. The van der Waals surface area contributed by atoms with Crippen molar-refractivity contribution < 1.29 is 9.59 Å². The highest BCUT2D eigenvalue weighted by atomic mass is 35.5. The maximum Gasteiger partial charge on any atom is 0.237 e. The van der Waals surface area contributed by atoms with Gasteiger partial charge in [0.05, 0.1) is 21.7 Å². The number of benzene rings is 2. The normalized spacial score (nSPS) is 11.7. The van der Waals surface area contributed by atoms with E-state index in [0.29, 0.717) is 15.7 Å². The van der Waals surface area contributed by atoms with E-state index in [4.69, 9.17) is 23.2 Å². The molecule has 0 saturated carbocycles. The summed E-state index contributed by atoms with van der Waals surface area (Å²) < 4.78 is 0. The van der Waals surface area contributed by atoms with Crippen LogP contribution in [0.4, 0.5) is 11.4 Å². The fourth-order valence-electron chi connectivity index (χ4n) is 2.02. The SMILES string of the molecule is Cc1cccc(NC(=O)CS[C@H](C)C(=O)Nc2cc(Cl)ccc2Cl)c1. The number of hydrogen-bond donors (Lipinski definition) is 2. The van der Waals surface area contributed by atoms with Crippen LogP contribution in [0.25, 0.3) is 0 Å². The molecule has 0 heterocycles. The van der Waals surface area contributed by atoms with Crippen molar-refractivity contribution in [1.29, 1.82) is 0 Å². The quantitative estimate of drug-likeness (QED) is 0.721. The van der Waals surface area contributed by atoms with Gasteiger partial charge in [0.25, 0.3) is 0 Å². The van der Waals surface area contributed by atoms with Gasteiger partial charge in [0.15, 0.2) is 0 Å². The van der Waals surface area contributed by atoms with Gasteiger partial charge in [-0.1, -0.05) is 35.3 Å². The fourth-order valence-corrected chi connectivity index (χ4v) is 3.04. The van der Waals surface area contributed by atoms with Crippen molar-refractivity contribution in [2.24, 2.45) is 0 Å². The third-order valence-electron chi connectivity index (χ3n) is 3.32. The third kappa shape index (κ3) is 6.27. The van der Waals surface area contributed by atoms with Gasteiger partial charge in [-0.2, -0.15) is 0 Å². The Morgan fingerprint density at radius 2 is 1.88 bits per heavy atom. The molecule has 2 aromatic carbocycles. The number of anilines is 2. The molecule has 132 valence electrons. The summed E-state index contributed by atoms with van der Waals surface area (Å²) >= 11 is 13.2. The highest BCUT2D eigenvalue weighted by molar-refractivity contribution is 8.01. The number of carbonyl (C=O) groups excluding carboxylic acids is 2. The lowest BCUT2D eigenvalue weighted by molar-refractivity contribution is -0.115. The molecule has 2 N–H and O–H groups in total. The van der Waals surface area contributed by atoms with Crippen LogP contribution >= 0.6 is 35.0 Å². The summed E-state index contributed by atoms with van der Waals surface area (Å²) in [6, 6.07) is 12.4. The lowest BCUT2D eigenvalue weighted by Gasteiger charge is -2.13. The van der Waals surface area contributed by atoms with Crippen molar-refractivity contribution in [3.63, 3.8) is 0 Å². The van der Waals surface area contributed by atoms with Crippen LogP contribution in [0.5, 0.6) is 0 Å². The zero-order chi connectivity index (χ0) is 18.4. The monoisotopic (exact) mass is 396 g/mol. The van der Waals surface area contributed by atoms with Gasteiger partial charge in [-0.3, -0.25) is 9.59 Å². The van der Waals surface area contributed by atoms with Crippen molar-refractivity contribution in [2.75, 3.05) is 16.4 Å². The molecular weight excluding hydrogens is 379 g/mol. The average Bonchev–Trinajstić information content (AvgIpc) is 2.56. The van der Waals surface area contributed by atoms with Crippen LogP contribution in [0.15, 0.2) is 42.5 Å². The Bertz CT molecular complexity index is 783. The highest BCUT2D eigenvalue weighted by Crippen LogP contribution is 2.26. The lowest BCUT2D eigenvalue weighted by Crippen LogP contribution is -2.25. The number of aryl methyl sites for hydroxylation is 1. The lowest BCUT2D eigenvalue weighted by atomic mass is 10.2. The Balaban J connectivity index is 1.84. The summed E-state index contributed by atoms with van der Waals surface area (Å²) in [6.07, 6.45) is 0. The largest absolute Gasteiger partial charge is 0.325 e. The van der Waals surface area contributed by atoms with Gasteiger partial charge in [-0.05, 0) is 49.7 Å². The second-order valence-corrected chi connectivity index (χ2v) is 7.66. The van der Waals surface area contributed by atoms with Crippen LogP contribution in [0.1, 0.15) is 12.5 Å². The molecule has 0 aliphatic rings. The van der Waals surface area contributed by atoms with E-state index in [2.05, 4.69) is 10.6 Å². The van der Waals surface area contributed by atoms with E-state index in [9.17, 15) is 9.59 Å². The van der Waals surface area contributed by atoms with Gasteiger partial charge in [-0.25, -0.2) is 0 Å². The molecule has 0 aliphatic carbocycles. The minimum Gasteiger partial charge on any atom is -0.325 e. The molecule has 0 aliphatic heterocycles. The molecule has 0 spiro atoms. The number of hydrogen-bond acceptors (Lipinski definition) is 3. The summed E-state index contributed by atoms with van der Waals surface area (Å²) in [5, 5.41) is 6.01. The van der Waals surface area contributed by atoms with Crippen LogP contribution in [-0.2, 0) is 9.59 Å². The second-order valence-electron chi connectivity index (χ2n) is 5.48. The van der Waals surface area contributed by atoms with E-state index < -0.39 is 5.25 Å². The summed E-state index contributed by atoms with van der Waals surface area (Å²) in [6.45, 7) is 3.69. The molecule has 25 heavy (non-hydrogen) atoms. The molecule has 0 aromatic heterocycles. The van der Waals surface area contributed by atoms with Gasteiger partial charge < -0.3 is 10.6 Å². The Kier molecular flexibility index (Phi) is 7.17. The van der Waals surface area contributed by atoms with Crippen molar-refractivity contribution in [2.45, 2.75) is 19.1 Å². The zero-order valence-electron chi connectivity index (χ0n) is 13.8. The summed E-state index contributed by atoms with van der Waals surface area (Å²) in [4.78, 5) is 24.2. The third-order valence-corrected chi connectivity index (χ3v) is 5.03. The first kappa shape index (κ1) is 19.6. The number of thioether (sulfide) groups is 1. The van der Waals surface area contributed by atoms with Crippen LogP contribution in [0.3, 0.4) is 0 Å². The minimum absolute atomic E-state index is 0.156. The molecule has 1 atom stereocenters. The van der Waals surface area contributed by atoms with Gasteiger partial charge in [0, 0.05) is 10.7 Å². The smallest absolute Gasteiger partial charge is 0.237 e. The van der Waals surface area contributed by atoms with Gasteiger partial charge in [0.1, 0.15) is 0 Å². The van der Waals surface area contributed by atoms with E-state index >= 15 is 0 Å². The van der Waals surface area contributed by atoms with Crippen LogP contribution < -0.4 is 10.6 Å². The molecule has 2 aromatic rings. The van der Waals surface area contributed by atoms with Gasteiger partial charge >= 0.3 is 0 Å². The summed E-state index contributed by atoms with van der Waals surface area (Å²) in [5.74, 6) is -0.222. The van der Waals surface area contributed by atoms with Crippen molar-refractivity contribution in [1.82, 2.24) is 0 Å². The Hall–Kier alpha value is -1.69. The van der Waals surface area contributed by atoms with Crippen molar-refractivity contribution >= 4 is 58.2 Å².